The topological polar surface area (TPSA) is 55.1 Å². The summed E-state index contributed by atoms with van der Waals surface area (Å²) >= 11 is 9.33. The Morgan fingerprint density at radius 2 is 2.10 bits per heavy atom. The van der Waals surface area contributed by atoms with E-state index in [1.54, 1.807) is 6.07 Å². The normalized spacial score (nSPS) is 16.4. The van der Waals surface area contributed by atoms with Gasteiger partial charge in [-0.15, -0.1) is 11.3 Å². The van der Waals surface area contributed by atoms with Crippen LogP contribution in [0.15, 0.2) is 18.2 Å². The molecule has 1 saturated heterocycles. The third-order valence-electron chi connectivity index (χ3n) is 3.45. The second-order valence-electron chi connectivity index (χ2n) is 4.85. The van der Waals surface area contributed by atoms with Crippen molar-refractivity contribution in [2.45, 2.75) is 18.9 Å². The summed E-state index contributed by atoms with van der Waals surface area (Å²) in [5, 5.41) is 4.67. The first-order valence-corrected chi connectivity index (χ1v) is 8.86. The summed E-state index contributed by atoms with van der Waals surface area (Å²) < 4.78 is 0.958. The zero-order valence-corrected chi connectivity index (χ0v) is 13.2. The number of halogens is 1. The number of benzene rings is 1. The minimum absolute atomic E-state index is 0.0586. The number of hydrogen-bond acceptors (Lipinski definition) is 4. The van der Waals surface area contributed by atoms with Gasteiger partial charge in [0.25, 0.3) is 5.91 Å². The lowest BCUT2D eigenvalue weighted by molar-refractivity contribution is 0.0940. The Morgan fingerprint density at radius 3 is 2.85 bits per heavy atom. The Labute approximate surface area is 130 Å². The van der Waals surface area contributed by atoms with Crippen molar-refractivity contribution in [2.24, 2.45) is 0 Å². The van der Waals surface area contributed by atoms with Gasteiger partial charge in [-0.05, 0) is 42.5 Å². The number of rotatable bonds is 2. The molecule has 2 heterocycles. The quantitative estimate of drug-likeness (QED) is 0.883. The number of nitrogens with two attached hydrogens (primary N) is 1. The zero-order valence-electron chi connectivity index (χ0n) is 10.8. The van der Waals surface area contributed by atoms with E-state index in [1.165, 1.54) is 11.3 Å². The molecule has 0 saturated carbocycles. The number of thioether (sulfide) groups is 1. The maximum absolute atomic E-state index is 12.4. The third kappa shape index (κ3) is 2.75. The van der Waals surface area contributed by atoms with E-state index < -0.39 is 0 Å². The number of fused-ring (bicyclic) bond motifs is 1. The smallest absolute Gasteiger partial charge is 0.263 e. The molecule has 0 radical (unpaired) electrons. The molecule has 1 amide bonds. The SMILES string of the molecule is Nc1c(C(=O)NC2CCSCC2)sc2cc(Cl)ccc12. The lowest BCUT2D eigenvalue weighted by atomic mass is 10.1. The molecule has 1 aromatic carbocycles. The van der Waals surface area contributed by atoms with Crippen LogP contribution < -0.4 is 11.1 Å². The minimum Gasteiger partial charge on any atom is -0.397 e. The zero-order chi connectivity index (χ0) is 14.1. The van der Waals surface area contributed by atoms with Gasteiger partial charge >= 0.3 is 0 Å². The fraction of sp³-hybridized carbons (Fsp3) is 0.357. The first-order chi connectivity index (χ1) is 9.65. The van der Waals surface area contributed by atoms with Gasteiger partial charge in [-0.1, -0.05) is 11.6 Å². The van der Waals surface area contributed by atoms with Gasteiger partial charge in [0.05, 0.1) is 5.69 Å². The predicted octanol–water partition coefficient (Wildman–Crippen LogP) is 3.76. The van der Waals surface area contributed by atoms with Crippen LogP contribution >= 0.6 is 34.7 Å². The van der Waals surface area contributed by atoms with E-state index in [0.717, 1.165) is 34.4 Å². The van der Waals surface area contributed by atoms with Crippen LogP contribution in [0.1, 0.15) is 22.5 Å². The molecule has 1 fully saturated rings. The van der Waals surface area contributed by atoms with Crippen molar-refractivity contribution in [3.8, 4) is 0 Å². The number of amides is 1. The van der Waals surface area contributed by atoms with Gasteiger partial charge in [0, 0.05) is 21.2 Å². The molecule has 1 aliphatic heterocycles. The summed E-state index contributed by atoms with van der Waals surface area (Å²) in [6, 6.07) is 5.80. The highest BCUT2D eigenvalue weighted by Gasteiger charge is 2.21. The van der Waals surface area contributed by atoms with Crippen molar-refractivity contribution in [2.75, 3.05) is 17.2 Å². The second-order valence-corrected chi connectivity index (χ2v) is 7.56. The Hall–Kier alpha value is -0.910. The van der Waals surface area contributed by atoms with Gasteiger partial charge in [-0.3, -0.25) is 4.79 Å². The van der Waals surface area contributed by atoms with Crippen LogP contribution in [-0.2, 0) is 0 Å². The van der Waals surface area contributed by atoms with Crippen LogP contribution in [0.5, 0.6) is 0 Å². The molecule has 1 aromatic heterocycles. The van der Waals surface area contributed by atoms with E-state index >= 15 is 0 Å². The van der Waals surface area contributed by atoms with E-state index in [-0.39, 0.29) is 11.9 Å². The van der Waals surface area contributed by atoms with Crippen molar-refractivity contribution in [1.29, 1.82) is 0 Å². The number of hydrogen-bond donors (Lipinski definition) is 2. The monoisotopic (exact) mass is 326 g/mol. The number of carbonyl (C=O) groups is 1. The highest BCUT2D eigenvalue weighted by Crippen LogP contribution is 2.35. The van der Waals surface area contributed by atoms with Crippen molar-refractivity contribution in [1.82, 2.24) is 5.32 Å². The van der Waals surface area contributed by atoms with Crippen LogP contribution in [0.4, 0.5) is 5.69 Å². The number of carbonyl (C=O) groups excluding carboxylic acids is 1. The van der Waals surface area contributed by atoms with Gasteiger partial charge in [0.15, 0.2) is 0 Å². The molecule has 0 aliphatic carbocycles. The fourth-order valence-electron chi connectivity index (χ4n) is 2.35. The molecule has 106 valence electrons. The van der Waals surface area contributed by atoms with Gasteiger partial charge in [0.2, 0.25) is 0 Å². The molecule has 0 spiro atoms. The van der Waals surface area contributed by atoms with E-state index in [2.05, 4.69) is 5.32 Å². The first kappa shape index (κ1) is 14.0. The van der Waals surface area contributed by atoms with Crippen LogP contribution in [0.25, 0.3) is 10.1 Å². The first-order valence-electron chi connectivity index (χ1n) is 6.51. The molecule has 3 rings (SSSR count). The molecule has 0 atom stereocenters. The molecule has 3 nitrogen and oxygen atoms in total. The standard InChI is InChI=1S/C14H15ClN2OS2/c15-8-1-2-10-11(7-8)20-13(12(10)16)14(18)17-9-3-5-19-6-4-9/h1-2,7,9H,3-6,16H2,(H,17,18). The average Bonchev–Trinajstić information content (AvgIpc) is 2.76. The molecular formula is C14H15ClN2OS2. The van der Waals surface area contributed by atoms with E-state index in [4.69, 9.17) is 17.3 Å². The Morgan fingerprint density at radius 1 is 1.35 bits per heavy atom. The van der Waals surface area contributed by atoms with Gasteiger partial charge in [-0.2, -0.15) is 11.8 Å². The van der Waals surface area contributed by atoms with Crippen molar-refractivity contribution < 1.29 is 4.79 Å². The van der Waals surface area contributed by atoms with Crippen molar-refractivity contribution in [3.63, 3.8) is 0 Å². The molecule has 0 unspecified atom stereocenters. The maximum Gasteiger partial charge on any atom is 0.263 e. The Balaban J connectivity index is 1.85. The average molecular weight is 327 g/mol. The van der Waals surface area contributed by atoms with Gasteiger partial charge in [-0.25, -0.2) is 0 Å². The second kappa shape index (κ2) is 5.84. The minimum atomic E-state index is -0.0586. The number of thiophene rings is 1. The summed E-state index contributed by atoms with van der Waals surface area (Å²) in [6.45, 7) is 0. The highest BCUT2D eigenvalue weighted by molar-refractivity contribution is 7.99. The number of nitrogen functional groups attached to an aromatic ring is 1. The van der Waals surface area contributed by atoms with E-state index in [1.807, 2.05) is 23.9 Å². The molecule has 3 N–H and O–H groups in total. The summed E-state index contributed by atoms with van der Waals surface area (Å²) in [7, 11) is 0. The molecule has 2 aromatic rings. The molecule has 20 heavy (non-hydrogen) atoms. The molecular weight excluding hydrogens is 312 g/mol. The number of nitrogens with one attached hydrogen (secondary N) is 1. The summed E-state index contributed by atoms with van der Waals surface area (Å²) in [5.41, 5.74) is 6.66. The van der Waals surface area contributed by atoms with Crippen LogP contribution in [-0.4, -0.2) is 23.5 Å². The van der Waals surface area contributed by atoms with E-state index in [9.17, 15) is 4.79 Å². The van der Waals surface area contributed by atoms with Crippen molar-refractivity contribution >= 4 is 56.4 Å². The lowest BCUT2D eigenvalue weighted by Gasteiger charge is -2.22. The van der Waals surface area contributed by atoms with Crippen LogP contribution in [0.3, 0.4) is 0 Å². The molecule has 6 heteroatoms. The molecule has 0 bridgehead atoms. The van der Waals surface area contributed by atoms with Gasteiger partial charge < -0.3 is 11.1 Å². The van der Waals surface area contributed by atoms with Gasteiger partial charge in [0.1, 0.15) is 4.88 Å². The third-order valence-corrected chi connectivity index (χ3v) is 5.90. The van der Waals surface area contributed by atoms with Crippen molar-refractivity contribution in [3.05, 3.63) is 28.1 Å². The lowest BCUT2D eigenvalue weighted by Crippen LogP contribution is -2.37. The largest absolute Gasteiger partial charge is 0.397 e. The summed E-state index contributed by atoms with van der Waals surface area (Å²) in [5.74, 6) is 2.17. The van der Waals surface area contributed by atoms with Crippen LogP contribution in [0.2, 0.25) is 5.02 Å². The Kier molecular flexibility index (Phi) is 4.10. The van der Waals surface area contributed by atoms with E-state index in [0.29, 0.717) is 15.6 Å². The number of anilines is 1. The fourth-order valence-corrected chi connectivity index (χ4v) is 4.76. The maximum atomic E-state index is 12.4. The predicted molar refractivity (Wildman–Crippen MR) is 89.1 cm³/mol. The Bertz CT molecular complexity index is 650. The summed E-state index contributed by atoms with van der Waals surface area (Å²) in [6.07, 6.45) is 2.07. The van der Waals surface area contributed by atoms with Crippen LogP contribution in [0, 0.1) is 0 Å². The molecule has 1 aliphatic rings. The summed E-state index contributed by atoms with van der Waals surface area (Å²) in [4.78, 5) is 13.0. The highest BCUT2D eigenvalue weighted by atomic mass is 35.5.